The summed E-state index contributed by atoms with van der Waals surface area (Å²) in [5, 5.41) is 2.59. The minimum Gasteiger partial charge on any atom is -0.267 e. The van der Waals surface area contributed by atoms with Gasteiger partial charge in [-0.2, -0.15) is 0 Å². The van der Waals surface area contributed by atoms with Gasteiger partial charge in [-0.25, -0.2) is 8.42 Å². The minimum atomic E-state index is -3.58. The van der Waals surface area contributed by atoms with Crippen LogP contribution in [0.15, 0.2) is 52.3 Å². The fourth-order valence-corrected chi connectivity index (χ4v) is 4.77. The van der Waals surface area contributed by atoms with E-state index in [0.717, 1.165) is 6.42 Å². The van der Waals surface area contributed by atoms with Crippen molar-refractivity contribution in [1.29, 1.82) is 0 Å². The molecule has 1 aromatic heterocycles. The number of hydrogen-bond donors (Lipinski definition) is 1. The first kappa shape index (κ1) is 16.2. The molecule has 0 spiro atoms. The van der Waals surface area contributed by atoms with Gasteiger partial charge in [-0.3, -0.25) is 9.71 Å². The second-order valence-electron chi connectivity index (χ2n) is 5.13. The highest BCUT2D eigenvalue weighted by Gasteiger charge is 2.32. The van der Waals surface area contributed by atoms with Gasteiger partial charge in [0.2, 0.25) is 0 Å². The van der Waals surface area contributed by atoms with E-state index >= 15 is 0 Å². The fourth-order valence-electron chi connectivity index (χ4n) is 2.42. The van der Waals surface area contributed by atoms with E-state index in [2.05, 4.69) is 9.71 Å². The Morgan fingerprint density at radius 1 is 1.22 bits per heavy atom. The first-order valence-corrected chi connectivity index (χ1v) is 9.78. The van der Waals surface area contributed by atoms with Crippen molar-refractivity contribution in [2.75, 3.05) is 6.54 Å². The summed E-state index contributed by atoms with van der Waals surface area (Å²) in [6.07, 6.45) is 0.798. The summed E-state index contributed by atoms with van der Waals surface area (Å²) in [7, 11) is -3.58. The fraction of sp³-hybridized carbons (Fsp3) is 0.188. The second-order valence-corrected chi connectivity index (χ2v) is 8.21. The molecule has 23 heavy (non-hydrogen) atoms. The van der Waals surface area contributed by atoms with Crippen molar-refractivity contribution >= 4 is 43.7 Å². The predicted molar refractivity (Wildman–Crippen MR) is 96.4 cm³/mol. The molecule has 0 fully saturated rings. The van der Waals surface area contributed by atoms with Gasteiger partial charge in [-0.1, -0.05) is 29.8 Å². The average molecular weight is 367 g/mol. The first-order valence-electron chi connectivity index (χ1n) is 7.04. The Bertz CT molecular complexity index is 867. The summed E-state index contributed by atoms with van der Waals surface area (Å²) in [5.74, 6) is 0.423. The van der Waals surface area contributed by atoms with Crippen LogP contribution >= 0.6 is 22.9 Å². The van der Waals surface area contributed by atoms with Gasteiger partial charge >= 0.3 is 0 Å². The lowest BCUT2D eigenvalue weighted by Gasteiger charge is -2.02. The van der Waals surface area contributed by atoms with Crippen LogP contribution in [0.2, 0.25) is 5.02 Å². The van der Waals surface area contributed by atoms with Crippen molar-refractivity contribution in [1.82, 2.24) is 4.72 Å². The number of sulfonamides is 1. The van der Waals surface area contributed by atoms with Crippen LogP contribution in [0.5, 0.6) is 0 Å². The van der Waals surface area contributed by atoms with Crippen molar-refractivity contribution < 1.29 is 8.42 Å². The summed E-state index contributed by atoms with van der Waals surface area (Å²) >= 11 is 7.54. The van der Waals surface area contributed by atoms with Crippen LogP contribution in [0.4, 0.5) is 0 Å². The third kappa shape index (κ3) is 3.49. The van der Waals surface area contributed by atoms with E-state index in [9.17, 15) is 8.42 Å². The van der Waals surface area contributed by atoms with Crippen molar-refractivity contribution in [2.45, 2.75) is 13.3 Å². The van der Waals surface area contributed by atoms with Crippen LogP contribution in [0, 0.1) is 0 Å². The van der Waals surface area contributed by atoms with Crippen LogP contribution in [0.3, 0.4) is 0 Å². The number of rotatable bonds is 4. The van der Waals surface area contributed by atoms with Gasteiger partial charge in [0, 0.05) is 28.4 Å². The molecule has 1 aromatic carbocycles. The molecule has 0 aliphatic carbocycles. The molecule has 2 heterocycles. The quantitative estimate of drug-likeness (QED) is 0.896. The molecule has 4 nitrogen and oxygen atoms in total. The first-order chi connectivity index (χ1) is 11.0. The Kier molecular flexibility index (Phi) is 4.57. The van der Waals surface area contributed by atoms with Crippen molar-refractivity contribution in [3.05, 3.63) is 62.8 Å². The SMILES string of the molecule is CC1=C(c2ccc(Cl)cc2)S(=O)(=O)NC1=NCCc1cccs1. The molecule has 0 unspecified atom stereocenters. The number of halogens is 1. The van der Waals surface area contributed by atoms with Crippen molar-refractivity contribution in [3.63, 3.8) is 0 Å². The van der Waals surface area contributed by atoms with E-state index in [1.54, 1.807) is 42.5 Å². The normalized spacial score (nSPS) is 18.4. The molecule has 3 rings (SSSR count). The third-order valence-corrected chi connectivity index (χ3v) is 6.24. The van der Waals surface area contributed by atoms with E-state index in [1.807, 2.05) is 17.5 Å². The molecule has 0 saturated heterocycles. The Morgan fingerprint density at radius 2 is 1.96 bits per heavy atom. The van der Waals surface area contributed by atoms with Gasteiger partial charge in [-0.05, 0) is 36.1 Å². The van der Waals surface area contributed by atoms with E-state index in [0.29, 0.717) is 28.5 Å². The third-order valence-electron chi connectivity index (χ3n) is 3.51. The molecule has 7 heteroatoms. The lowest BCUT2D eigenvalue weighted by molar-refractivity contribution is 0.603. The smallest absolute Gasteiger partial charge is 0.264 e. The zero-order valence-corrected chi connectivity index (χ0v) is 14.8. The summed E-state index contributed by atoms with van der Waals surface area (Å²) in [6.45, 7) is 2.31. The highest BCUT2D eigenvalue weighted by Crippen LogP contribution is 2.30. The lowest BCUT2D eigenvalue weighted by atomic mass is 10.1. The maximum atomic E-state index is 12.4. The number of hydrogen-bond acceptors (Lipinski definition) is 4. The van der Waals surface area contributed by atoms with Crippen LogP contribution < -0.4 is 4.72 Å². The molecule has 1 aliphatic heterocycles. The van der Waals surface area contributed by atoms with Crippen LogP contribution in [0.1, 0.15) is 17.4 Å². The van der Waals surface area contributed by atoms with Gasteiger partial charge in [0.15, 0.2) is 0 Å². The molecule has 120 valence electrons. The topological polar surface area (TPSA) is 58.5 Å². The molecule has 0 atom stereocenters. The van der Waals surface area contributed by atoms with Crippen molar-refractivity contribution in [2.24, 2.45) is 4.99 Å². The minimum absolute atomic E-state index is 0.268. The summed E-state index contributed by atoms with van der Waals surface area (Å²) < 4.78 is 27.3. The average Bonchev–Trinajstić information content (AvgIpc) is 3.08. The maximum absolute atomic E-state index is 12.4. The molecule has 1 aliphatic rings. The molecular weight excluding hydrogens is 352 g/mol. The summed E-state index contributed by atoms with van der Waals surface area (Å²) in [6, 6.07) is 10.8. The number of aliphatic imine (C=N–C) groups is 1. The van der Waals surface area contributed by atoms with Gasteiger partial charge < -0.3 is 0 Å². The number of thiophene rings is 1. The van der Waals surface area contributed by atoms with Crippen LogP contribution in [0.25, 0.3) is 4.91 Å². The Balaban J connectivity index is 1.88. The highest BCUT2D eigenvalue weighted by molar-refractivity contribution is 8.00. The van der Waals surface area contributed by atoms with Gasteiger partial charge in [-0.15, -0.1) is 11.3 Å². The van der Waals surface area contributed by atoms with Gasteiger partial charge in [0.05, 0.1) is 0 Å². The van der Waals surface area contributed by atoms with Crippen LogP contribution in [-0.4, -0.2) is 20.8 Å². The molecule has 0 radical (unpaired) electrons. The Labute approximate surface area is 144 Å². The lowest BCUT2D eigenvalue weighted by Crippen LogP contribution is -2.24. The monoisotopic (exact) mass is 366 g/mol. The second kappa shape index (κ2) is 6.47. The number of nitrogens with zero attached hydrogens (tertiary/aromatic N) is 1. The molecule has 1 N–H and O–H groups in total. The number of amidine groups is 1. The Hall–Kier alpha value is -1.63. The summed E-state index contributed by atoms with van der Waals surface area (Å²) in [4.78, 5) is 5.92. The zero-order chi connectivity index (χ0) is 16.4. The highest BCUT2D eigenvalue weighted by atomic mass is 35.5. The van der Waals surface area contributed by atoms with Gasteiger partial charge in [0.1, 0.15) is 10.7 Å². The van der Waals surface area contributed by atoms with E-state index < -0.39 is 10.0 Å². The Morgan fingerprint density at radius 3 is 2.61 bits per heavy atom. The van der Waals surface area contributed by atoms with E-state index in [4.69, 9.17) is 11.6 Å². The standard InChI is InChI=1S/C16H15ClN2O2S2/c1-11-15(12-4-6-13(17)7-5-12)23(20,21)19-16(11)18-9-8-14-3-2-10-22-14/h2-7,10H,8-9H2,1H3,(H,18,19). The van der Waals surface area contributed by atoms with Crippen molar-refractivity contribution in [3.8, 4) is 0 Å². The van der Waals surface area contributed by atoms with Gasteiger partial charge in [0.25, 0.3) is 10.0 Å². The molecule has 0 saturated carbocycles. The largest absolute Gasteiger partial charge is 0.267 e. The van der Waals surface area contributed by atoms with Crippen LogP contribution in [-0.2, 0) is 16.4 Å². The number of benzene rings is 1. The molecule has 2 aromatic rings. The number of nitrogens with one attached hydrogen (secondary N) is 1. The summed E-state index contributed by atoms with van der Waals surface area (Å²) in [5.41, 5.74) is 1.25. The predicted octanol–water partition coefficient (Wildman–Crippen LogP) is 3.71. The van der Waals surface area contributed by atoms with E-state index in [-0.39, 0.29) is 4.91 Å². The maximum Gasteiger partial charge on any atom is 0.264 e. The molecular formula is C16H15ClN2O2S2. The van der Waals surface area contributed by atoms with E-state index in [1.165, 1.54) is 4.88 Å². The molecule has 0 bridgehead atoms. The zero-order valence-electron chi connectivity index (χ0n) is 12.4. The molecule has 0 amide bonds.